The van der Waals surface area contributed by atoms with E-state index in [2.05, 4.69) is 5.32 Å². The van der Waals surface area contributed by atoms with Crippen LogP contribution in [0.5, 0.6) is 5.75 Å². The van der Waals surface area contributed by atoms with Crippen molar-refractivity contribution in [3.8, 4) is 5.75 Å². The van der Waals surface area contributed by atoms with Crippen molar-refractivity contribution in [2.75, 3.05) is 11.9 Å². The molecule has 7 heteroatoms. The third-order valence-electron chi connectivity index (χ3n) is 3.11. The van der Waals surface area contributed by atoms with Gasteiger partial charge in [-0.25, -0.2) is 4.79 Å². The molecule has 0 bridgehead atoms. The quantitative estimate of drug-likeness (QED) is 0.903. The van der Waals surface area contributed by atoms with Gasteiger partial charge in [0.05, 0.1) is 6.61 Å². The molecule has 116 valence electrons. The van der Waals surface area contributed by atoms with E-state index in [4.69, 9.17) is 4.74 Å². The summed E-state index contributed by atoms with van der Waals surface area (Å²) in [7, 11) is 2.81. The summed E-state index contributed by atoms with van der Waals surface area (Å²) in [6.45, 7) is 2.44. The first kappa shape index (κ1) is 15.6. The fourth-order valence-corrected chi connectivity index (χ4v) is 1.96. The van der Waals surface area contributed by atoms with Gasteiger partial charge in [-0.15, -0.1) is 0 Å². The number of anilines is 1. The molecule has 2 aromatic rings. The van der Waals surface area contributed by atoms with E-state index in [-0.39, 0.29) is 5.56 Å². The molecule has 0 unspecified atom stereocenters. The monoisotopic (exact) mass is 303 g/mol. The molecular weight excluding hydrogens is 286 g/mol. The van der Waals surface area contributed by atoms with Crippen molar-refractivity contribution in [2.45, 2.75) is 6.92 Å². The summed E-state index contributed by atoms with van der Waals surface area (Å²) in [4.78, 5) is 35.8. The van der Waals surface area contributed by atoms with Crippen LogP contribution >= 0.6 is 0 Å². The molecule has 1 heterocycles. The van der Waals surface area contributed by atoms with E-state index in [1.54, 1.807) is 24.3 Å². The smallest absolute Gasteiger partial charge is 0.330 e. The first-order valence-electron chi connectivity index (χ1n) is 6.75. The molecule has 0 radical (unpaired) electrons. The van der Waals surface area contributed by atoms with E-state index < -0.39 is 17.2 Å². The second kappa shape index (κ2) is 6.30. The Morgan fingerprint density at radius 2 is 1.82 bits per heavy atom. The molecule has 2 rings (SSSR count). The van der Waals surface area contributed by atoms with Gasteiger partial charge in [0.2, 0.25) is 0 Å². The van der Waals surface area contributed by atoms with E-state index in [9.17, 15) is 14.4 Å². The molecule has 0 atom stereocenters. The molecule has 0 saturated carbocycles. The van der Waals surface area contributed by atoms with Gasteiger partial charge >= 0.3 is 5.69 Å². The van der Waals surface area contributed by atoms with Gasteiger partial charge in [-0.2, -0.15) is 0 Å². The van der Waals surface area contributed by atoms with Crippen LogP contribution in [0.3, 0.4) is 0 Å². The zero-order valence-corrected chi connectivity index (χ0v) is 12.6. The number of carbonyl (C=O) groups excluding carboxylic acids is 1. The van der Waals surface area contributed by atoms with Crippen LogP contribution < -0.4 is 21.3 Å². The number of nitrogens with zero attached hydrogens (tertiary/aromatic N) is 2. The molecule has 7 nitrogen and oxygen atoms in total. The lowest BCUT2D eigenvalue weighted by molar-refractivity contribution is 0.102. The zero-order chi connectivity index (χ0) is 16.3. The number of benzene rings is 1. The van der Waals surface area contributed by atoms with Crippen molar-refractivity contribution in [1.82, 2.24) is 9.13 Å². The average Bonchev–Trinajstić information content (AvgIpc) is 2.51. The van der Waals surface area contributed by atoms with Crippen molar-refractivity contribution < 1.29 is 9.53 Å². The number of nitrogens with one attached hydrogen (secondary N) is 1. The number of hydrogen-bond acceptors (Lipinski definition) is 4. The van der Waals surface area contributed by atoms with Gasteiger partial charge in [-0.1, -0.05) is 0 Å². The highest BCUT2D eigenvalue weighted by atomic mass is 16.5. The average molecular weight is 303 g/mol. The zero-order valence-electron chi connectivity index (χ0n) is 12.6. The molecule has 0 aliphatic rings. The highest BCUT2D eigenvalue weighted by Gasteiger charge is 2.14. The van der Waals surface area contributed by atoms with E-state index in [0.29, 0.717) is 18.0 Å². The van der Waals surface area contributed by atoms with Crippen LogP contribution in [-0.4, -0.2) is 21.6 Å². The second-order valence-electron chi connectivity index (χ2n) is 4.71. The fraction of sp³-hybridized carbons (Fsp3) is 0.267. The third-order valence-corrected chi connectivity index (χ3v) is 3.11. The van der Waals surface area contributed by atoms with Gasteiger partial charge in [0.15, 0.2) is 0 Å². The minimum atomic E-state index is -0.633. The highest BCUT2D eigenvalue weighted by molar-refractivity contribution is 6.03. The Bertz CT molecular complexity index is 803. The van der Waals surface area contributed by atoms with Crippen molar-refractivity contribution in [2.24, 2.45) is 14.1 Å². The number of rotatable bonds is 4. The predicted molar refractivity (Wildman–Crippen MR) is 82.5 cm³/mol. The lowest BCUT2D eigenvalue weighted by atomic mass is 10.2. The van der Waals surface area contributed by atoms with Crippen LogP contribution in [0.1, 0.15) is 17.3 Å². The van der Waals surface area contributed by atoms with Crippen molar-refractivity contribution in [3.05, 3.63) is 56.9 Å². The van der Waals surface area contributed by atoms with Gasteiger partial charge in [0.25, 0.3) is 11.5 Å². The number of ether oxygens (including phenoxy) is 1. The van der Waals surface area contributed by atoms with Crippen molar-refractivity contribution in [3.63, 3.8) is 0 Å². The van der Waals surface area contributed by atoms with E-state index in [1.807, 2.05) is 6.92 Å². The topological polar surface area (TPSA) is 82.3 Å². The minimum Gasteiger partial charge on any atom is -0.494 e. The van der Waals surface area contributed by atoms with Gasteiger partial charge in [-0.05, 0) is 31.2 Å². The van der Waals surface area contributed by atoms with Crippen LogP contribution in [0.25, 0.3) is 0 Å². The summed E-state index contributed by atoms with van der Waals surface area (Å²) < 4.78 is 7.40. The Morgan fingerprint density at radius 1 is 1.18 bits per heavy atom. The first-order valence-corrected chi connectivity index (χ1v) is 6.75. The van der Waals surface area contributed by atoms with Crippen molar-refractivity contribution >= 4 is 11.6 Å². The number of carbonyl (C=O) groups is 1. The molecule has 0 spiro atoms. The minimum absolute atomic E-state index is 0.0986. The fourth-order valence-electron chi connectivity index (χ4n) is 1.96. The first-order chi connectivity index (χ1) is 10.4. The van der Waals surface area contributed by atoms with E-state index >= 15 is 0 Å². The molecule has 0 aliphatic carbocycles. The standard InChI is InChI=1S/C15H17N3O4/c1-4-22-11-7-5-10(6-8-11)16-13(19)12-9-17(2)15(21)18(3)14(12)20/h5-9H,4H2,1-3H3,(H,16,19). The van der Waals surface area contributed by atoms with Crippen LogP contribution in [0.15, 0.2) is 40.1 Å². The third kappa shape index (κ3) is 3.08. The maximum atomic E-state index is 12.2. The number of aromatic nitrogens is 2. The van der Waals surface area contributed by atoms with Crippen molar-refractivity contribution in [1.29, 1.82) is 0 Å². The van der Waals surface area contributed by atoms with E-state index in [1.165, 1.54) is 24.9 Å². The summed E-state index contributed by atoms with van der Waals surface area (Å²) in [5, 5.41) is 2.62. The summed E-state index contributed by atoms with van der Waals surface area (Å²) in [6.07, 6.45) is 1.23. The molecule has 0 saturated heterocycles. The molecule has 0 fully saturated rings. The lowest BCUT2D eigenvalue weighted by Gasteiger charge is -2.08. The maximum Gasteiger partial charge on any atom is 0.330 e. The Balaban J connectivity index is 2.26. The Morgan fingerprint density at radius 3 is 2.41 bits per heavy atom. The summed E-state index contributed by atoms with van der Waals surface area (Å²) >= 11 is 0. The van der Waals surface area contributed by atoms with Gasteiger partial charge < -0.3 is 14.6 Å². The molecule has 0 aliphatic heterocycles. The van der Waals surface area contributed by atoms with Crippen LogP contribution in [0.2, 0.25) is 0 Å². The van der Waals surface area contributed by atoms with Gasteiger partial charge in [0.1, 0.15) is 11.3 Å². The lowest BCUT2D eigenvalue weighted by Crippen LogP contribution is -2.40. The molecular formula is C15H17N3O4. The maximum absolute atomic E-state index is 12.2. The van der Waals surface area contributed by atoms with Crippen LogP contribution in [-0.2, 0) is 14.1 Å². The van der Waals surface area contributed by atoms with Gasteiger partial charge in [-0.3, -0.25) is 14.2 Å². The molecule has 1 aromatic carbocycles. The summed E-state index contributed by atoms with van der Waals surface area (Å²) in [5.41, 5.74) is -0.683. The highest BCUT2D eigenvalue weighted by Crippen LogP contribution is 2.15. The molecule has 22 heavy (non-hydrogen) atoms. The summed E-state index contributed by atoms with van der Waals surface area (Å²) in [6, 6.07) is 6.79. The normalized spacial score (nSPS) is 10.3. The molecule has 1 amide bonds. The Kier molecular flexibility index (Phi) is 4.45. The number of hydrogen-bond donors (Lipinski definition) is 1. The van der Waals surface area contributed by atoms with Crippen LogP contribution in [0.4, 0.5) is 5.69 Å². The predicted octanol–water partition coefficient (Wildman–Crippen LogP) is 0.735. The number of amides is 1. The SMILES string of the molecule is CCOc1ccc(NC(=O)c2cn(C)c(=O)n(C)c2=O)cc1. The van der Waals surface area contributed by atoms with Crippen LogP contribution in [0, 0.1) is 0 Å². The summed E-state index contributed by atoms with van der Waals surface area (Å²) in [5.74, 6) is 0.124. The van der Waals surface area contributed by atoms with Gasteiger partial charge in [0, 0.05) is 26.0 Å². The Hall–Kier alpha value is -2.83. The second-order valence-corrected chi connectivity index (χ2v) is 4.71. The molecule has 1 N–H and O–H groups in total. The molecule has 1 aromatic heterocycles. The van der Waals surface area contributed by atoms with E-state index in [0.717, 1.165) is 4.57 Å². The Labute approximate surface area is 126 Å². The largest absolute Gasteiger partial charge is 0.494 e. The number of aryl methyl sites for hydroxylation is 1.